The molecule has 0 aliphatic carbocycles. The maximum Gasteiger partial charge on any atom is 0.226 e. The Morgan fingerprint density at radius 1 is 0.608 bits per heavy atom. The molecule has 1 N–H and O–H groups in total. The van der Waals surface area contributed by atoms with E-state index in [-0.39, 0.29) is 17.2 Å². The maximum absolute atomic E-state index is 6.74. The Labute approximate surface area is 317 Å². The van der Waals surface area contributed by atoms with Crippen molar-refractivity contribution in [2.45, 2.75) is 221 Å². The van der Waals surface area contributed by atoms with Crippen molar-refractivity contribution in [2.75, 3.05) is 39.3 Å². The van der Waals surface area contributed by atoms with Gasteiger partial charge in [0.1, 0.15) is 6.17 Å². The summed E-state index contributed by atoms with van der Waals surface area (Å²) in [6.45, 7) is 29.3. The smallest absolute Gasteiger partial charge is 0.226 e. The largest absolute Gasteiger partial charge is 0.341 e. The summed E-state index contributed by atoms with van der Waals surface area (Å²) in [7, 11) is 0. The van der Waals surface area contributed by atoms with Crippen LogP contribution in [0.15, 0.2) is 9.98 Å². The third-order valence-corrected chi connectivity index (χ3v) is 10.9. The number of hydrogen-bond acceptors (Lipinski definition) is 8. The van der Waals surface area contributed by atoms with Crippen molar-refractivity contribution in [3.63, 3.8) is 0 Å². The van der Waals surface area contributed by atoms with Gasteiger partial charge < -0.3 is 9.80 Å². The number of nitrogens with one attached hydrogen (secondary N) is 1. The third-order valence-electron chi connectivity index (χ3n) is 10.9. The van der Waals surface area contributed by atoms with Crippen molar-refractivity contribution in [3.05, 3.63) is 0 Å². The van der Waals surface area contributed by atoms with Gasteiger partial charge in [0.2, 0.25) is 11.9 Å². The highest BCUT2D eigenvalue weighted by Gasteiger charge is 2.50. The molecule has 0 bridgehead atoms. The molecule has 1 atom stereocenters. The lowest BCUT2D eigenvalue weighted by Gasteiger charge is -2.56. The molecule has 300 valence electrons. The Kier molecular flexibility index (Phi) is 23.0. The molecule has 0 saturated carbocycles. The molecular formula is C43H87N7O. The van der Waals surface area contributed by atoms with Crippen LogP contribution in [0.5, 0.6) is 0 Å². The molecule has 0 radical (unpaired) electrons. The number of rotatable bonds is 28. The van der Waals surface area contributed by atoms with Gasteiger partial charge >= 0.3 is 0 Å². The lowest BCUT2D eigenvalue weighted by atomic mass is 9.74. The van der Waals surface area contributed by atoms with Crippen LogP contribution in [0.4, 0.5) is 0 Å². The Morgan fingerprint density at radius 2 is 1.06 bits per heavy atom. The predicted octanol–water partition coefficient (Wildman–Crippen LogP) is 11.2. The molecule has 8 nitrogen and oxygen atoms in total. The molecule has 0 aromatic heterocycles. The molecule has 8 heteroatoms. The quantitative estimate of drug-likeness (QED) is 0.0813. The van der Waals surface area contributed by atoms with E-state index in [1.807, 2.05) is 0 Å². The lowest BCUT2D eigenvalue weighted by molar-refractivity contribution is -0.290. The van der Waals surface area contributed by atoms with Crippen LogP contribution in [0.1, 0.15) is 204 Å². The fourth-order valence-corrected chi connectivity index (χ4v) is 8.19. The monoisotopic (exact) mass is 718 g/mol. The van der Waals surface area contributed by atoms with E-state index in [9.17, 15) is 0 Å². The highest BCUT2D eigenvalue weighted by atomic mass is 16.7. The molecular weight excluding hydrogens is 631 g/mol. The lowest BCUT2D eigenvalue weighted by Crippen LogP contribution is -2.66. The number of piperidine rings is 1. The van der Waals surface area contributed by atoms with E-state index < -0.39 is 0 Å². The normalized spacial score (nSPS) is 19.3. The van der Waals surface area contributed by atoms with E-state index in [1.54, 1.807) is 0 Å². The van der Waals surface area contributed by atoms with Crippen LogP contribution in [0.3, 0.4) is 0 Å². The third kappa shape index (κ3) is 15.9. The summed E-state index contributed by atoms with van der Waals surface area (Å²) in [5.74, 6) is 2.42. The molecule has 51 heavy (non-hydrogen) atoms. The predicted molar refractivity (Wildman–Crippen MR) is 222 cm³/mol. The Hall–Kier alpha value is -1.38. The maximum atomic E-state index is 6.74. The molecule has 0 spiro atoms. The minimum atomic E-state index is -0.112. The first-order valence-electron chi connectivity index (χ1n) is 22.2. The molecule has 2 aliphatic rings. The van der Waals surface area contributed by atoms with Crippen molar-refractivity contribution in [1.29, 1.82) is 0 Å². The number of aliphatic imine (C=N–C) groups is 2. The second kappa shape index (κ2) is 25.6. The number of guanidine groups is 2. The van der Waals surface area contributed by atoms with Gasteiger partial charge in [-0.1, -0.05) is 125 Å². The molecule has 1 unspecified atom stereocenters. The van der Waals surface area contributed by atoms with Gasteiger partial charge in [-0.3, -0.25) is 9.85 Å². The molecule has 0 aromatic rings. The van der Waals surface area contributed by atoms with E-state index in [4.69, 9.17) is 14.8 Å². The minimum Gasteiger partial charge on any atom is -0.341 e. The van der Waals surface area contributed by atoms with Gasteiger partial charge in [0.25, 0.3) is 0 Å². The Bertz CT molecular complexity index is 917. The highest BCUT2D eigenvalue weighted by molar-refractivity contribution is 5.96. The SMILES string of the molecule is CCCCCCCCCCCON1C(C)(C)CC(C2N=C(N(CCCC)CCCC)N=C(N(CCCC)CCCC)N2NCCCC)CC1(C)C. The second-order valence-corrected chi connectivity index (χ2v) is 17.0. The zero-order valence-electron chi connectivity index (χ0n) is 35.8. The summed E-state index contributed by atoms with van der Waals surface area (Å²) in [4.78, 5) is 23.0. The van der Waals surface area contributed by atoms with E-state index in [2.05, 4.69) is 94.5 Å². The number of hydrazine groups is 1. The molecule has 0 aromatic carbocycles. The van der Waals surface area contributed by atoms with Crippen LogP contribution < -0.4 is 5.43 Å². The Balaban J connectivity index is 2.38. The zero-order chi connectivity index (χ0) is 37.5. The number of hydrogen-bond donors (Lipinski definition) is 1. The topological polar surface area (TPSA) is 58.9 Å². The van der Waals surface area contributed by atoms with E-state index in [0.717, 1.165) is 76.9 Å². The van der Waals surface area contributed by atoms with Gasteiger partial charge in [0.05, 0.1) is 6.61 Å². The summed E-state index contributed by atoms with van der Waals surface area (Å²) in [6, 6.07) is 0. The van der Waals surface area contributed by atoms with E-state index >= 15 is 0 Å². The fraction of sp³-hybridized carbons (Fsp3) is 0.953. The van der Waals surface area contributed by atoms with Crippen molar-refractivity contribution in [3.8, 4) is 0 Å². The average molecular weight is 718 g/mol. The first-order valence-corrected chi connectivity index (χ1v) is 22.2. The molecule has 1 fully saturated rings. The fourth-order valence-electron chi connectivity index (χ4n) is 8.19. The molecule has 1 saturated heterocycles. The van der Waals surface area contributed by atoms with E-state index in [1.165, 1.54) is 109 Å². The summed E-state index contributed by atoms with van der Waals surface area (Å²) < 4.78 is 0. The van der Waals surface area contributed by atoms with Crippen molar-refractivity contribution >= 4 is 11.9 Å². The van der Waals surface area contributed by atoms with Gasteiger partial charge in [-0.05, 0) is 79.1 Å². The zero-order valence-corrected chi connectivity index (χ0v) is 35.8. The summed E-state index contributed by atoms with van der Waals surface area (Å²) in [5.41, 5.74) is 3.70. The number of hydroxylamine groups is 2. The van der Waals surface area contributed by atoms with Crippen molar-refractivity contribution in [1.82, 2.24) is 25.3 Å². The van der Waals surface area contributed by atoms with Gasteiger partial charge in [-0.2, -0.15) is 10.1 Å². The van der Waals surface area contributed by atoms with Crippen LogP contribution in [0.2, 0.25) is 0 Å². The number of unbranched alkanes of at least 4 members (excludes halogenated alkanes) is 13. The molecule has 2 aliphatic heterocycles. The molecule has 2 rings (SSSR count). The first kappa shape index (κ1) is 45.8. The van der Waals surface area contributed by atoms with Crippen molar-refractivity contribution in [2.24, 2.45) is 15.9 Å². The van der Waals surface area contributed by atoms with Crippen LogP contribution in [-0.4, -0.2) is 88.4 Å². The van der Waals surface area contributed by atoms with Gasteiger partial charge in [-0.15, -0.1) is 0 Å². The van der Waals surface area contributed by atoms with Gasteiger partial charge in [-0.25, -0.2) is 10.4 Å². The standard InChI is InChI=1S/C43H87N7O/c1-11-17-23-24-25-26-27-28-29-35-51-50-42(7,8)36-38(37-43(50,9)10)39-45-40(47(31-19-13-3)32-20-14-4)46-41(49(39)44-30-18-12-2)48(33-21-15-5)34-22-16-6/h38-39,44H,11-37H2,1-10H3. The van der Waals surface area contributed by atoms with Crippen LogP contribution in [0.25, 0.3) is 0 Å². The summed E-state index contributed by atoms with van der Waals surface area (Å²) >= 11 is 0. The van der Waals surface area contributed by atoms with E-state index in [0.29, 0.717) is 5.92 Å². The number of nitrogens with zero attached hydrogens (tertiary/aromatic N) is 6. The molecule has 2 heterocycles. The van der Waals surface area contributed by atoms with Gasteiger partial charge in [0.15, 0.2) is 0 Å². The van der Waals surface area contributed by atoms with Crippen LogP contribution in [0, 0.1) is 5.92 Å². The highest BCUT2D eigenvalue weighted by Crippen LogP contribution is 2.44. The van der Waals surface area contributed by atoms with Crippen LogP contribution >= 0.6 is 0 Å². The van der Waals surface area contributed by atoms with Crippen LogP contribution in [-0.2, 0) is 4.84 Å². The Morgan fingerprint density at radius 3 is 1.55 bits per heavy atom. The summed E-state index contributed by atoms with van der Waals surface area (Å²) in [6.07, 6.45) is 25.8. The van der Waals surface area contributed by atoms with Crippen molar-refractivity contribution < 1.29 is 4.84 Å². The van der Waals surface area contributed by atoms with Gasteiger partial charge in [0, 0.05) is 49.7 Å². The summed E-state index contributed by atoms with van der Waals surface area (Å²) in [5, 5.41) is 4.81. The molecule has 0 amide bonds. The first-order chi connectivity index (χ1) is 24.6. The average Bonchev–Trinajstić information content (AvgIpc) is 3.09. The second-order valence-electron chi connectivity index (χ2n) is 17.0. The minimum absolute atomic E-state index is 0.0149.